The van der Waals surface area contributed by atoms with Gasteiger partial charge in [-0.3, -0.25) is 0 Å². The molecular formula is C124H88N2O2. The van der Waals surface area contributed by atoms with Crippen LogP contribution in [0.25, 0.3) is 155 Å². The first-order valence-corrected chi connectivity index (χ1v) is 44.8. The molecule has 0 radical (unpaired) electrons. The Morgan fingerprint density at radius 2 is 0.477 bits per heavy atom. The summed E-state index contributed by atoms with van der Waals surface area (Å²) >= 11 is 0. The summed E-state index contributed by atoms with van der Waals surface area (Å²) < 4.78 is 13.0. The molecule has 4 aliphatic rings. The second kappa shape index (κ2) is 28.5. The van der Waals surface area contributed by atoms with E-state index in [9.17, 15) is 0 Å². The number of rotatable bonds is 14. The molecule has 0 saturated heterocycles. The average molecular weight is 1640 g/mol. The van der Waals surface area contributed by atoms with E-state index < -0.39 is 5.41 Å². The van der Waals surface area contributed by atoms with Gasteiger partial charge in [0, 0.05) is 83.0 Å². The fourth-order valence-electron chi connectivity index (χ4n) is 22.5. The number of anilines is 6. The predicted octanol–water partition coefficient (Wildman–Crippen LogP) is 33.7. The monoisotopic (exact) mass is 1640 g/mol. The Bertz CT molecular complexity index is 8120. The van der Waals surface area contributed by atoms with Gasteiger partial charge >= 0.3 is 0 Å². The third kappa shape index (κ3) is 11.4. The summed E-state index contributed by atoms with van der Waals surface area (Å²) in [7, 11) is 0. The van der Waals surface area contributed by atoms with Crippen molar-refractivity contribution in [3.63, 3.8) is 0 Å². The van der Waals surface area contributed by atoms with Gasteiger partial charge in [-0.15, -0.1) is 0 Å². The molecule has 21 aromatic rings. The molecule has 0 spiro atoms. The highest BCUT2D eigenvalue weighted by molar-refractivity contribution is 6.11. The maximum Gasteiger partial charge on any atom is 0.143 e. The van der Waals surface area contributed by atoms with Crippen LogP contribution >= 0.6 is 0 Å². The third-order valence-corrected chi connectivity index (χ3v) is 29.0. The van der Waals surface area contributed by atoms with Gasteiger partial charge in [0.05, 0.1) is 5.41 Å². The van der Waals surface area contributed by atoms with Crippen molar-refractivity contribution in [2.75, 3.05) is 9.80 Å². The lowest BCUT2D eigenvalue weighted by atomic mass is 9.67. The highest BCUT2D eigenvalue weighted by Crippen LogP contribution is 2.61. The zero-order chi connectivity index (χ0) is 85.5. The molecule has 4 nitrogen and oxygen atoms in total. The van der Waals surface area contributed by atoms with Crippen molar-refractivity contribution in [2.45, 2.75) is 63.2 Å². The van der Waals surface area contributed by atoms with E-state index in [0.29, 0.717) is 0 Å². The van der Waals surface area contributed by atoms with E-state index in [1.807, 2.05) is 12.1 Å². The minimum atomic E-state index is -0.726. The Kier molecular flexibility index (Phi) is 16.7. The van der Waals surface area contributed by atoms with Crippen molar-refractivity contribution in [1.82, 2.24) is 0 Å². The number of hydrogen-bond acceptors (Lipinski definition) is 4. The Labute approximate surface area is 746 Å². The topological polar surface area (TPSA) is 32.8 Å². The quantitative estimate of drug-likeness (QED) is 0.109. The molecule has 128 heavy (non-hydrogen) atoms. The van der Waals surface area contributed by atoms with E-state index in [0.717, 1.165) is 128 Å². The molecule has 4 heteroatoms. The van der Waals surface area contributed by atoms with Gasteiger partial charge in [0.1, 0.15) is 22.3 Å². The van der Waals surface area contributed by atoms with Gasteiger partial charge in [-0.25, -0.2) is 0 Å². The number of fused-ring (bicyclic) bond motifs is 18. The standard InChI is InChI=1S/C124H88N2O2/c1-121(2)109-38-17-13-30-97(109)100-65-60-91(73-113(100)121)126(90-58-52-81(53-59-90)79-44-48-83(49-45-79)96-35-23-37-107-105-33-16-20-41-118(105)128-120(96)107)94-62-67-102-98-31-14-18-39-111(98)124(116(102)76-94,87-27-11-8-12-28-87)88-29-21-26-84(70-88)85-55-69-110-108(71-85)103-68-63-93(75-115(103)122(110,3)4)125(92-61-66-101-99-64-54-86(77-24-9-7-10-25-77)72-112(99)123(5,6)114(101)74-92)89-56-50-80(51-57-89)78-42-46-82(47-43-78)95-34-22-36-106-104-32-15-19-40-117(104)127-119(95)106/h7-76H,1-6H3. The zero-order valence-corrected chi connectivity index (χ0v) is 72.1. The summed E-state index contributed by atoms with van der Waals surface area (Å²) in [5.41, 5.74) is 45.5. The van der Waals surface area contributed by atoms with Crippen LogP contribution in [0, 0.1) is 0 Å². The number of benzene rings is 19. The van der Waals surface area contributed by atoms with Crippen molar-refractivity contribution in [2.24, 2.45) is 0 Å². The minimum absolute atomic E-state index is 0.218. The molecule has 0 fully saturated rings. The summed E-state index contributed by atoms with van der Waals surface area (Å²) in [6.07, 6.45) is 0. The van der Waals surface area contributed by atoms with Crippen molar-refractivity contribution in [1.29, 1.82) is 0 Å². The number of nitrogens with zero attached hydrogens (tertiary/aromatic N) is 2. The Balaban J connectivity index is 0.583. The second-order valence-electron chi connectivity index (χ2n) is 36.9. The molecule has 0 N–H and O–H groups in total. The lowest BCUT2D eigenvalue weighted by molar-refractivity contribution is 0.660. The fraction of sp³-hybridized carbons (Fsp3) is 0.0806. The molecule has 1 atom stereocenters. The van der Waals surface area contributed by atoms with Crippen LogP contribution in [-0.2, 0) is 21.7 Å². The van der Waals surface area contributed by atoms with Crippen LogP contribution in [0.4, 0.5) is 34.1 Å². The predicted molar refractivity (Wildman–Crippen MR) is 533 cm³/mol. The molecule has 0 bridgehead atoms. The van der Waals surface area contributed by atoms with E-state index in [2.05, 4.69) is 464 Å². The molecule has 25 rings (SSSR count). The molecule has 606 valence electrons. The smallest absolute Gasteiger partial charge is 0.143 e. The van der Waals surface area contributed by atoms with Gasteiger partial charge in [0.15, 0.2) is 0 Å². The number of para-hydroxylation sites is 4. The summed E-state index contributed by atoms with van der Waals surface area (Å²) in [6.45, 7) is 14.4. The zero-order valence-electron chi connectivity index (χ0n) is 72.1. The van der Waals surface area contributed by atoms with Crippen molar-refractivity contribution in [3.05, 3.63) is 480 Å². The summed E-state index contributed by atoms with van der Waals surface area (Å²) in [6, 6.07) is 159. The second-order valence-corrected chi connectivity index (χ2v) is 36.9. The average Bonchev–Trinajstić information content (AvgIpc) is 1.54. The van der Waals surface area contributed by atoms with Gasteiger partial charge in [0.25, 0.3) is 0 Å². The summed E-state index contributed by atoms with van der Waals surface area (Å²) in [5.74, 6) is 0. The van der Waals surface area contributed by atoms with E-state index in [1.54, 1.807) is 0 Å². The normalized spacial score (nSPS) is 14.9. The van der Waals surface area contributed by atoms with Gasteiger partial charge in [-0.2, -0.15) is 0 Å². The van der Waals surface area contributed by atoms with Gasteiger partial charge < -0.3 is 18.6 Å². The SMILES string of the molecule is CC1(C)c2ccccc2-c2ccc(N(c3ccc(-c4ccc(-c5cccc6c5oc5ccccc56)cc4)cc3)c3ccc4c(c3)C(c3ccccc3)(c3cccc(-c5ccc6c(c5)-c5ccc(N(c7ccc(-c8ccc(-c9cccc%10c9oc9ccccc9%10)cc8)cc7)c7ccc8c(c7)C(C)(C)c7cc(-c9ccccc9)ccc7-8)cc5C6(C)C)c3)c3ccccc3-4)cc21. The highest BCUT2D eigenvalue weighted by atomic mass is 16.3. The van der Waals surface area contributed by atoms with Crippen LogP contribution < -0.4 is 9.80 Å². The summed E-state index contributed by atoms with van der Waals surface area (Å²) in [4.78, 5) is 4.99. The first-order chi connectivity index (χ1) is 62.7. The van der Waals surface area contributed by atoms with Crippen molar-refractivity contribution in [3.8, 4) is 111 Å². The Morgan fingerprint density at radius 1 is 0.172 bits per heavy atom. The molecular weight excluding hydrogens is 1550 g/mol. The van der Waals surface area contributed by atoms with E-state index in [4.69, 9.17) is 8.83 Å². The van der Waals surface area contributed by atoms with Crippen LogP contribution in [0.3, 0.4) is 0 Å². The van der Waals surface area contributed by atoms with Crippen LogP contribution in [0.15, 0.2) is 433 Å². The van der Waals surface area contributed by atoms with Crippen molar-refractivity contribution >= 4 is 78.0 Å². The largest absolute Gasteiger partial charge is 0.455 e. The lowest BCUT2D eigenvalue weighted by Gasteiger charge is -2.35. The molecule has 0 aliphatic heterocycles. The Morgan fingerprint density at radius 3 is 1.00 bits per heavy atom. The number of furan rings is 2. The molecule has 4 aliphatic carbocycles. The molecule has 19 aromatic carbocycles. The van der Waals surface area contributed by atoms with Crippen LogP contribution in [-0.4, -0.2) is 0 Å². The minimum Gasteiger partial charge on any atom is -0.455 e. The molecule has 2 heterocycles. The van der Waals surface area contributed by atoms with Crippen LogP contribution in [0.5, 0.6) is 0 Å². The van der Waals surface area contributed by atoms with Gasteiger partial charge in [0.2, 0.25) is 0 Å². The first kappa shape index (κ1) is 75.0. The van der Waals surface area contributed by atoms with E-state index >= 15 is 0 Å². The summed E-state index contributed by atoms with van der Waals surface area (Å²) in [5, 5.41) is 4.52. The lowest BCUT2D eigenvalue weighted by Crippen LogP contribution is -2.29. The fourth-order valence-corrected chi connectivity index (χ4v) is 22.5. The van der Waals surface area contributed by atoms with Crippen LogP contribution in [0.2, 0.25) is 0 Å². The first-order valence-electron chi connectivity index (χ1n) is 44.8. The maximum atomic E-state index is 6.52. The third-order valence-electron chi connectivity index (χ3n) is 29.0. The van der Waals surface area contributed by atoms with Crippen molar-refractivity contribution < 1.29 is 8.83 Å². The number of hydrogen-bond donors (Lipinski definition) is 0. The molecule has 2 aromatic heterocycles. The Hall–Kier alpha value is -15.6. The highest BCUT2D eigenvalue weighted by Gasteiger charge is 2.48. The maximum absolute atomic E-state index is 6.52. The van der Waals surface area contributed by atoms with E-state index in [1.165, 1.54) is 117 Å². The molecule has 0 amide bonds. The molecule has 0 saturated carbocycles. The van der Waals surface area contributed by atoms with Gasteiger partial charge in [-0.05, 0) is 259 Å². The van der Waals surface area contributed by atoms with Gasteiger partial charge in [-0.1, -0.05) is 363 Å². The van der Waals surface area contributed by atoms with Crippen LogP contribution in [0.1, 0.15) is 97.2 Å². The van der Waals surface area contributed by atoms with E-state index in [-0.39, 0.29) is 16.2 Å². The molecule has 1 unspecified atom stereocenters.